The first kappa shape index (κ1) is 49.5. The van der Waals surface area contributed by atoms with Crippen molar-refractivity contribution in [3.8, 4) is 49.1 Å². The van der Waals surface area contributed by atoms with Gasteiger partial charge in [0.2, 0.25) is 11.8 Å². The summed E-state index contributed by atoms with van der Waals surface area (Å²) in [5, 5.41) is 47.2. The van der Waals surface area contributed by atoms with E-state index in [1.54, 1.807) is 52.7 Å². The van der Waals surface area contributed by atoms with Crippen molar-refractivity contribution in [2.45, 2.75) is 63.8 Å². The zero-order valence-electron chi connectivity index (χ0n) is 38.2. The van der Waals surface area contributed by atoms with Crippen molar-refractivity contribution in [3.63, 3.8) is 0 Å². The molecule has 7 N–H and O–H groups in total. The number of aromatic hydroxyl groups is 1. The van der Waals surface area contributed by atoms with E-state index in [-0.39, 0.29) is 71.5 Å². The van der Waals surface area contributed by atoms with Gasteiger partial charge in [0.05, 0.1) is 35.3 Å². The number of carbonyl (C=O) groups is 6. The molecule has 26 heteroatoms. The predicted octanol–water partition coefficient (Wildman–Crippen LogP) is 6.60. The first-order valence-electron chi connectivity index (χ1n) is 22.3. The number of nitrogens with zero attached hydrogens (tertiary/aromatic N) is 8. The minimum absolute atomic E-state index is 0.0139. The number of hydrogen-bond donors (Lipinski definition) is 6. The average molecular weight is 1090 g/mol. The van der Waals surface area contributed by atoms with Gasteiger partial charge < -0.3 is 36.6 Å². The highest BCUT2D eigenvalue weighted by atomic mass is 32.1. The number of primary amides is 1. The first-order chi connectivity index (χ1) is 35.1. The van der Waals surface area contributed by atoms with E-state index in [1.807, 2.05) is 6.92 Å². The third-order valence-electron chi connectivity index (χ3n) is 12.1. The van der Waals surface area contributed by atoms with E-state index in [1.165, 1.54) is 56.4 Å². The molecule has 0 spiro atoms. The molecule has 4 amide bonds. The number of amides is 4. The summed E-state index contributed by atoms with van der Waals surface area (Å²) in [6, 6.07) is 6.84. The van der Waals surface area contributed by atoms with E-state index < -0.39 is 59.7 Å². The number of carbonyl (C=O) groups excluding carboxylic acids is 5. The Kier molecular flexibility index (Phi) is 13.9. The number of nitrogens with two attached hydrogens (primary N) is 1. The molecule has 9 heterocycles. The molecule has 0 radical (unpaired) electrons. The maximum atomic E-state index is 14.8. The lowest BCUT2D eigenvalue weighted by Gasteiger charge is -2.29. The number of rotatable bonds is 6. The summed E-state index contributed by atoms with van der Waals surface area (Å²) in [5.41, 5.74) is 8.43. The molecule has 1 fully saturated rings. The smallest absolute Gasteiger partial charge is 0.355 e. The Morgan fingerprint density at radius 1 is 0.712 bits per heavy atom. The summed E-state index contributed by atoms with van der Waals surface area (Å²) < 4.78 is 0. The lowest BCUT2D eigenvalue weighted by Crippen LogP contribution is -2.50. The predicted molar refractivity (Wildman–Crippen MR) is 274 cm³/mol. The molecular weight excluding hydrogens is 1050 g/mol. The second kappa shape index (κ2) is 20.4. The van der Waals surface area contributed by atoms with E-state index in [2.05, 4.69) is 30.6 Å². The molecule has 372 valence electrons. The zero-order chi connectivity index (χ0) is 51.2. The molecule has 8 aromatic rings. The van der Waals surface area contributed by atoms with Crippen LogP contribution in [-0.4, -0.2) is 109 Å². The lowest BCUT2D eigenvalue weighted by molar-refractivity contribution is -0.134. The lowest BCUT2D eigenvalue weighted by atomic mass is 10.0. The number of aliphatic hydroxyl groups is 1. The molecule has 5 atom stereocenters. The molecule has 20 nitrogen and oxygen atoms in total. The third kappa shape index (κ3) is 10.3. The standard InChI is InChI=1S/C47H39N11O9S6/c1-19-33(61)13-58-38(19)45-55-30(17-72-45)43-53-27(14-70-43)37-23(7-8-24(50-37)42-56-31(18-71-42)47(66)67)41-54-29(16-69-41)40(64)51-25(12-34(48)62)44-57-36(20(2)73-44)32(60)9-10-35-49-28(15-68-35)39(63)52-26(46(58)65)11-21-3-5-22(59)6-4-21/h3-8,14-19,25-26,33,38,59,61H,9-13H2,1-2H3,(H2,48,62)(H,51,64)(H,52,63)(H,66,67)/t19-,25-,26-,33-,38-/m0/s1. The van der Waals surface area contributed by atoms with Crippen molar-refractivity contribution in [3.05, 3.63) is 112 Å². The van der Waals surface area contributed by atoms with Gasteiger partial charge >= 0.3 is 5.97 Å². The molecular formula is C47H39N11O9S6. The van der Waals surface area contributed by atoms with Crippen LogP contribution in [0.1, 0.15) is 99.3 Å². The number of aryl methyl sites for hydroxylation is 2. The van der Waals surface area contributed by atoms with Gasteiger partial charge in [-0.1, -0.05) is 19.1 Å². The van der Waals surface area contributed by atoms with Crippen molar-refractivity contribution in [1.29, 1.82) is 0 Å². The number of pyridine rings is 1. The normalized spacial score (nSPS) is 19.5. The fourth-order valence-electron chi connectivity index (χ4n) is 8.35. The highest BCUT2D eigenvalue weighted by Crippen LogP contribution is 2.42. The first-order valence-corrected chi connectivity index (χ1v) is 27.5. The Balaban J connectivity index is 1.05. The summed E-state index contributed by atoms with van der Waals surface area (Å²) >= 11 is 7.13. The van der Waals surface area contributed by atoms with Gasteiger partial charge in [-0.15, -0.1) is 68.0 Å². The van der Waals surface area contributed by atoms with Crippen LogP contribution in [0.4, 0.5) is 0 Å². The molecule has 2 aliphatic rings. The molecule has 10 bridgehead atoms. The topological polar surface area (TPSA) is 307 Å². The van der Waals surface area contributed by atoms with Crippen LogP contribution >= 0.6 is 68.0 Å². The molecule has 0 saturated carbocycles. The van der Waals surface area contributed by atoms with E-state index in [9.17, 15) is 44.1 Å². The van der Waals surface area contributed by atoms with Gasteiger partial charge in [-0.25, -0.2) is 39.7 Å². The van der Waals surface area contributed by atoms with Gasteiger partial charge in [-0.05, 0) is 36.8 Å². The molecule has 0 unspecified atom stereocenters. The molecule has 1 saturated heterocycles. The van der Waals surface area contributed by atoms with E-state index >= 15 is 0 Å². The number of aromatic nitrogens is 7. The molecule has 0 aliphatic carbocycles. The van der Waals surface area contributed by atoms with Crippen LogP contribution in [0.15, 0.2) is 63.3 Å². The Morgan fingerprint density at radius 3 is 2.14 bits per heavy atom. The number of nitrogens with one attached hydrogen (secondary N) is 2. The summed E-state index contributed by atoms with van der Waals surface area (Å²) in [6.07, 6.45) is -1.08. The van der Waals surface area contributed by atoms with Gasteiger partial charge in [0, 0.05) is 69.1 Å². The maximum Gasteiger partial charge on any atom is 0.355 e. The minimum Gasteiger partial charge on any atom is -0.508 e. The largest absolute Gasteiger partial charge is 0.508 e. The van der Waals surface area contributed by atoms with Gasteiger partial charge in [-0.2, -0.15) is 0 Å². The zero-order valence-corrected chi connectivity index (χ0v) is 43.1. The monoisotopic (exact) mass is 1090 g/mol. The van der Waals surface area contributed by atoms with Crippen LogP contribution in [0, 0.1) is 12.8 Å². The molecule has 1 aromatic carbocycles. The number of benzene rings is 1. The summed E-state index contributed by atoms with van der Waals surface area (Å²) in [6.45, 7) is 3.49. The molecule has 73 heavy (non-hydrogen) atoms. The van der Waals surface area contributed by atoms with Crippen molar-refractivity contribution >= 4 is 103 Å². The molecule has 7 aromatic heterocycles. The minimum atomic E-state index is -1.19. The number of ketones is 1. The Labute approximate surface area is 437 Å². The van der Waals surface area contributed by atoms with Crippen molar-refractivity contribution in [2.24, 2.45) is 11.7 Å². The Hall–Kier alpha value is -7.07. The summed E-state index contributed by atoms with van der Waals surface area (Å²) in [4.78, 5) is 116. The van der Waals surface area contributed by atoms with Gasteiger partial charge in [0.25, 0.3) is 11.8 Å². The van der Waals surface area contributed by atoms with Gasteiger partial charge in [0.1, 0.15) is 71.0 Å². The summed E-state index contributed by atoms with van der Waals surface area (Å²) in [7, 11) is 0. The number of Topliss-reactive ketones (excluding diaryl/α,β-unsaturated/α-hetero) is 1. The number of thiazole rings is 6. The third-order valence-corrected chi connectivity index (χ3v) is 17.6. The van der Waals surface area contributed by atoms with Crippen molar-refractivity contribution in [1.82, 2.24) is 50.4 Å². The van der Waals surface area contributed by atoms with E-state index in [4.69, 9.17) is 20.7 Å². The fourth-order valence-corrected chi connectivity index (χ4v) is 13.6. The second-order valence-corrected chi connectivity index (χ2v) is 22.7. The Bertz CT molecular complexity index is 3470. The van der Waals surface area contributed by atoms with Crippen LogP contribution in [0.25, 0.3) is 43.4 Å². The fraction of sp³-hybridized carbons (Fsp3) is 0.255. The maximum absolute atomic E-state index is 14.8. The van der Waals surface area contributed by atoms with Crippen LogP contribution in [0.5, 0.6) is 5.75 Å². The summed E-state index contributed by atoms with van der Waals surface area (Å²) in [5.74, 6) is -4.42. The highest BCUT2D eigenvalue weighted by Gasteiger charge is 2.45. The van der Waals surface area contributed by atoms with Crippen molar-refractivity contribution in [2.75, 3.05) is 6.54 Å². The number of carboxylic acids is 1. The number of carboxylic acid groups (broad SMARTS) is 1. The van der Waals surface area contributed by atoms with Crippen LogP contribution in [0.2, 0.25) is 0 Å². The average Bonchev–Trinajstić information content (AvgIpc) is 4.23. The van der Waals surface area contributed by atoms with Crippen LogP contribution in [0.3, 0.4) is 0 Å². The molecule has 2 aliphatic heterocycles. The number of aliphatic hydroxyl groups excluding tert-OH is 1. The number of fused-ring (bicyclic) bond motifs is 16. The van der Waals surface area contributed by atoms with Crippen molar-refractivity contribution < 1.29 is 44.1 Å². The number of hydrogen-bond acceptors (Lipinski definition) is 21. The number of aromatic carboxylic acids is 1. The quantitative estimate of drug-likeness (QED) is 0.102. The van der Waals surface area contributed by atoms with Crippen LogP contribution in [-0.2, 0) is 22.4 Å². The second-order valence-electron chi connectivity index (χ2n) is 17.0. The van der Waals surface area contributed by atoms with Crippen LogP contribution < -0.4 is 16.4 Å². The van der Waals surface area contributed by atoms with E-state index in [0.717, 1.165) is 34.0 Å². The highest BCUT2D eigenvalue weighted by molar-refractivity contribution is 7.15. The number of phenolic OH excluding ortho intramolecular Hbond substituents is 1. The van der Waals surface area contributed by atoms with Gasteiger partial charge in [0.15, 0.2) is 11.5 Å². The van der Waals surface area contributed by atoms with Gasteiger partial charge in [-0.3, -0.25) is 24.0 Å². The Morgan fingerprint density at radius 2 is 1.38 bits per heavy atom. The SMILES string of the molecule is Cc1sc2nc1C(=O)CCc1nc(cs1)C(=O)N[C@@H](Cc1ccc(O)cc1)C(=O)N1C[C@H](O)[C@H](C)[C@H]1c1nc(cs1)-c1nc(cs1)-c1nc(-c3nc(C(=O)O)cs3)ccc1-c1nc(cs1)C(=O)N[C@H]2CC(N)=O. The molecule has 10 rings (SSSR count). The van der Waals surface area contributed by atoms with E-state index in [0.29, 0.717) is 63.8 Å². The number of phenols is 1.